The maximum Gasteiger partial charge on any atom is 0.225 e. The maximum absolute atomic E-state index is 12.2. The molecule has 2 fully saturated rings. The number of hydrogen-bond donors (Lipinski definition) is 2. The molecule has 2 atom stereocenters. The fourth-order valence-electron chi connectivity index (χ4n) is 2.56. The highest BCUT2D eigenvalue weighted by atomic mass is 16.3. The van der Waals surface area contributed by atoms with Crippen LogP contribution in [-0.4, -0.2) is 47.7 Å². The van der Waals surface area contributed by atoms with Crippen molar-refractivity contribution in [3.63, 3.8) is 0 Å². The molecule has 1 amide bonds. The number of amides is 1. The summed E-state index contributed by atoms with van der Waals surface area (Å²) in [5.41, 5.74) is -0.689. The summed E-state index contributed by atoms with van der Waals surface area (Å²) in [5.74, 6) is 0.793. The van der Waals surface area contributed by atoms with Crippen LogP contribution in [0, 0.1) is 11.8 Å². The molecule has 0 saturated carbocycles. The lowest BCUT2D eigenvalue weighted by atomic mass is 9.86. The molecule has 2 heterocycles. The molecule has 2 aliphatic heterocycles. The summed E-state index contributed by atoms with van der Waals surface area (Å²) in [7, 11) is 0. The van der Waals surface area contributed by atoms with Crippen LogP contribution in [0.25, 0.3) is 0 Å². The Labute approximate surface area is 97.0 Å². The number of carbonyl (C=O) groups is 1. The van der Waals surface area contributed by atoms with Crippen LogP contribution in [0.3, 0.4) is 0 Å². The molecule has 0 aliphatic carbocycles. The van der Waals surface area contributed by atoms with Crippen LogP contribution >= 0.6 is 0 Å². The second-order valence-corrected chi connectivity index (χ2v) is 5.57. The molecule has 2 aliphatic rings. The van der Waals surface area contributed by atoms with Crippen molar-refractivity contribution in [2.45, 2.75) is 32.3 Å². The van der Waals surface area contributed by atoms with E-state index in [1.54, 1.807) is 0 Å². The zero-order chi connectivity index (χ0) is 11.8. The van der Waals surface area contributed by atoms with E-state index in [4.69, 9.17) is 0 Å². The van der Waals surface area contributed by atoms with Gasteiger partial charge in [0.25, 0.3) is 0 Å². The van der Waals surface area contributed by atoms with E-state index in [1.807, 2.05) is 18.7 Å². The van der Waals surface area contributed by atoms with Gasteiger partial charge in [0.05, 0.1) is 5.60 Å². The number of aliphatic hydroxyl groups is 1. The van der Waals surface area contributed by atoms with Crippen molar-refractivity contribution in [2.24, 2.45) is 11.8 Å². The molecule has 2 unspecified atom stereocenters. The number of β-amino-alcohol motifs (C(OH)–C–C–N with tert-alkyl or cyclic N) is 1. The summed E-state index contributed by atoms with van der Waals surface area (Å²) in [6.45, 7) is 7.04. The van der Waals surface area contributed by atoms with Gasteiger partial charge < -0.3 is 15.3 Å². The Bertz CT molecular complexity index is 274. The van der Waals surface area contributed by atoms with Crippen molar-refractivity contribution in [3.05, 3.63) is 0 Å². The number of piperidine rings is 1. The van der Waals surface area contributed by atoms with Gasteiger partial charge in [0.2, 0.25) is 5.91 Å². The molecule has 2 N–H and O–H groups in total. The van der Waals surface area contributed by atoms with Crippen molar-refractivity contribution in [3.8, 4) is 0 Å². The van der Waals surface area contributed by atoms with Crippen LogP contribution in [0.2, 0.25) is 0 Å². The molecular weight excluding hydrogens is 204 g/mol. The van der Waals surface area contributed by atoms with E-state index < -0.39 is 5.60 Å². The molecule has 0 aromatic heterocycles. The topological polar surface area (TPSA) is 52.6 Å². The van der Waals surface area contributed by atoms with Gasteiger partial charge in [-0.1, -0.05) is 6.92 Å². The van der Waals surface area contributed by atoms with Gasteiger partial charge in [-0.3, -0.25) is 4.79 Å². The van der Waals surface area contributed by atoms with Crippen molar-refractivity contribution in [2.75, 3.05) is 26.2 Å². The molecule has 2 rings (SSSR count). The van der Waals surface area contributed by atoms with E-state index in [1.165, 1.54) is 0 Å². The minimum Gasteiger partial charge on any atom is -0.388 e. The van der Waals surface area contributed by atoms with E-state index in [0.29, 0.717) is 12.5 Å². The SMILES string of the molecule is CC(C(=O)N1CCCC(C)(O)C1)C1CNC1. The average molecular weight is 226 g/mol. The van der Waals surface area contributed by atoms with Crippen LogP contribution in [0.4, 0.5) is 0 Å². The molecule has 0 spiro atoms. The zero-order valence-corrected chi connectivity index (χ0v) is 10.2. The number of nitrogens with zero attached hydrogens (tertiary/aromatic N) is 1. The first kappa shape index (κ1) is 11.9. The normalized spacial score (nSPS) is 33.3. The van der Waals surface area contributed by atoms with E-state index in [0.717, 1.165) is 32.5 Å². The van der Waals surface area contributed by atoms with Gasteiger partial charge in [0, 0.05) is 19.0 Å². The average Bonchev–Trinajstić information content (AvgIpc) is 2.12. The van der Waals surface area contributed by atoms with Crippen molar-refractivity contribution in [1.82, 2.24) is 10.2 Å². The Balaban J connectivity index is 1.93. The predicted molar refractivity (Wildman–Crippen MR) is 62.0 cm³/mol. The van der Waals surface area contributed by atoms with E-state index in [9.17, 15) is 9.90 Å². The first-order valence-electron chi connectivity index (χ1n) is 6.21. The molecule has 92 valence electrons. The fourth-order valence-corrected chi connectivity index (χ4v) is 2.56. The van der Waals surface area contributed by atoms with Crippen molar-refractivity contribution < 1.29 is 9.90 Å². The third kappa shape index (κ3) is 2.38. The lowest BCUT2D eigenvalue weighted by Gasteiger charge is -2.40. The second kappa shape index (κ2) is 4.34. The van der Waals surface area contributed by atoms with Gasteiger partial charge in [0.1, 0.15) is 0 Å². The highest BCUT2D eigenvalue weighted by Crippen LogP contribution is 2.24. The number of carbonyl (C=O) groups excluding carboxylic acids is 1. The molecule has 0 aromatic carbocycles. The Morgan fingerprint density at radius 1 is 1.56 bits per heavy atom. The predicted octanol–water partition coefficient (Wildman–Crippen LogP) is 0.215. The summed E-state index contributed by atoms with van der Waals surface area (Å²) in [4.78, 5) is 14.0. The molecule has 4 heteroatoms. The second-order valence-electron chi connectivity index (χ2n) is 5.57. The maximum atomic E-state index is 12.2. The molecule has 16 heavy (non-hydrogen) atoms. The fraction of sp³-hybridized carbons (Fsp3) is 0.917. The minimum atomic E-state index is -0.689. The van der Waals surface area contributed by atoms with Gasteiger partial charge in [-0.2, -0.15) is 0 Å². The van der Waals surface area contributed by atoms with Gasteiger partial charge in [-0.15, -0.1) is 0 Å². The molecular formula is C12H22N2O2. The van der Waals surface area contributed by atoms with E-state index in [-0.39, 0.29) is 11.8 Å². The Kier molecular flexibility index (Phi) is 3.22. The monoisotopic (exact) mass is 226 g/mol. The Morgan fingerprint density at radius 3 is 2.75 bits per heavy atom. The van der Waals surface area contributed by atoms with Gasteiger partial charge in [0.15, 0.2) is 0 Å². The lowest BCUT2D eigenvalue weighted by Crippen LogP contribution is -2.54. The van der Waals surface area contributed by atoms with E-state index in [2.05, 4.69) is 5.32 Å². The van der Waals surface area contributed by atoms with E-state index >= 15 is 0 Å². The summed E-state index contributed by atoms with van der Waals surface area (Å²) in [5, 5.41) is 13.2. The van der Waals surface area contributed by atoms with Crippen molar-refractivity contribution in [1.29, 1.82) is 0 Å². The van der Waals surface area contributed by atoms with Crippen LogP contribution in [-0.2, 0) is 4.79 Å². The standard InChI is InChI=1S/C12H22N2O2/c1-9(10-6-13-7-10)11(15)14-5-3-4-12(2,16)8-14/h9-10,13,16H,3-8H2,1-2H3. The van der Waals surface area contributed by atoms with Crippen LogP contribution in [0.1, 0.15) is 26.7 Å². The van der Waals surface area contributed by atoms with Gasteiger partial charge in [-0.05, 0) is 38.8 Å². The largest absolute Gasteiger partial charge is 0.388 e. The Hall–Kier alpha value is -0.610. The summed E-state index contributed by atoms with van der Waals surface area (Å²) in [6.07, 6.45) is 1.71. The Morgan fingerprint density at radius 2 is 2.25 bits per heavy atom. The minimum absolute atomic E-state index is 0.0927. The third-order valence-electron chi connectivity index (χ3n) is 3.90. The lowest BCUT2D eigenvalue weighted by molar-refractivity contribution is -0.143. The number of nitrogens with one attached hydrogen (secondary N) is 1. The summed E-state index contributed by atoms with van der Waals surface area (Å²) in [6, 6.07) is 0. The zero-order valence-electron chi connectivity index (χ0n) is 10.2. The summed E-state index contributed by atoms with van der Waals surface area (Å²) >= 11 is 0. The summed E-state index contributed by atoms with van der Waals surface area (Å²) < 4.78 is 0. The molecule has 0 aromatic rings. The first-order valence-corrected chi connectivity index (χ1v) is 6.21. The highest BCUT2D eigenvalue weighted by Gasteiger charge is 2.36. The molecule has 4 nitrogen and oxygen atoms in total. The number of rotatable bonds is 2. The van der Waals surface area contributed by atoms with Gasteiger partial charge in [-0.25, -0.2) is 0 Å². The van der Waals surface area contributed by atoms with Crippen LogP contribution in [0.15, 0.2) is 0 Å². The third-order valence-corrected chi connectivity index (χ3v) is 3.90. The smallest absolute Gasteiger partial charge is 0.225 e. The van der Waals surface area contributed by atoms with Crippen LogP contribution in [0.5, 0.6) is 0 Å². The molecule has 2 saturated heterocycles. The van der Waals surface area contributed by atoms with Gasteiger partial charge >= 0.3 is 0 Å². The van der Waals surface area contributed by atoms with Crippen molar-refractivity contribution >= 4 is 5.91 Å². The number of likely N-dealkylation sites (tertiary alicyclic amines) is 1. The molecule has 0 radical (unpaired) electrons. The van der Waals surface area contributed by atoms with Crippen LogP contribution < -0.4 is 5.32 Å². The highest BCUT2D eigenvalue weighted by molar-refractivity contribution is 5.79. The molecule has 0 bridgehead atoms. The quantitative estimate of drug-likeness (QED) is 0.708. The first-order chi connectivity index (χ1) is 7.49. The number of hydrogen-bond acceptors (Lipinski definition) is 3.